The van der Waals surface area contributed by atoms with Gasteiger partial charge < -0.3 is 24.6 Å². The Morgan fingerprint density at radius 2 is 1.56 bits per heavy atom. The zero-order valence-electron chi connectivity index (χ0n) is 16.2. The lowest BCUT2D eigenvalue weighted by atomic mass is 9.80. The maximum absolute atomic E-state index is 12.7. The van der Waals surface area contributed by atoms with E-state index in [1.807, 2.05) is 0 Å². The molecule has 1 aliphatic heterocycles. The second-order valence-corrected chi connectivity index (χ2v) is 5.97. The van der Waals surface area contributed by atoms with E-state index in [1.165, 1.54) is 7.11 Å². The van der Waals surface area contributed by atoms with Crippen LogP contribution in [0.25, 0.3) is 0 Å². The molecular weight excluding hydrogens is 350 g/mol. The van der Waals surface area contributed by atoms with Gasteiger partial charge in [0.15, 0.2) is 11.5 Å². The van der Waals surface area contributed by atoms with Crippen LogP contribution >= 0.6 is 0 Å². The fourth-order valence-corrected chi connectivity index (χ4v) is 3.20. The largest absolute Gasteiger partial charge is 0.504 e. The van der Waals surface area contributed by atoms with E-state index in [4.69, 9.17) is 14.2 Å². The summed E-state index contributed by atoms with van der Waals surface area (Å²) in [5, 5.41) is 13.7. The first-order chi connectivity index (χ1) is 12.9. The third-order valence-corrected chi connectivity index (χ3v) is 4.31. The van der Waals surface area contributed by atoms with Crippen LogP contribution in [-0.4, -0.2) is 37.4 Å². The van der Waals surface area contributed by atoms with Gasteiger partial charge in [-0.2, -0.15) is 0 Å². The molecule has 0 atom stereocenters. The van der Waals surface area contributed by atoms with Crippen molar-refractivity contribution in [3.63, 3.8) is 0 Å². The number of hydrogen-bond donors (Lipinski definition) is 2. The molecule has 1 aromatic carbocycles. The normalized spacial score (nSPS) is 14.7. The van der Waals surface area contributed by atoms with Crippen LogP contribution in [0.5, 0.6) is 11.5 Å². The highest BCUT2D eigenvalue weighted by molar-refractivity contribution is 6.00. The number of phenolic OH excluding ortho intramolecular Hbond substituents is 1. The van der Waals surface area contributed by atoms with E-state index in [0.29, 0.717) is 17.0 Å². The molecule has 146 valence electrons. The zero-order chi connectivity index (χ0) is 20.1. The molecule has 0 aliphatic carbocycles. The predicted molar refractivity (Wildman–Crippen MR) is 99.2 cm³/mol. The van der Waals surface area contributed by atoms with E-state index < -0.39 is 17.9 Å². The summed E-state index contributed by atoms with van der Waals surface area (Å²) in [6.45, 7) is 7.22. The SMILES string of the molecule is CCOC(=O)C1=C(C)NC(C)=C(C(=O)OCC)C1c1cccc(OC)c1O. The Morgan fingerprint density at radius 1 is 1.04 bits per heavy atom. The summed E-state index contributed by atoms with van der Waals surface area (Å²) in [6.07, 6.45) is 0. The van der Waals surface area contributed by atoms with E-state index in [0.717, 1.165) is 0 Å². The predicted octanol–water partition coefficient (Wildman–Crippen LogP) is 2.76. The molecule has 0 aromatic heterocycles. The van der Waals surface area contributed by atoms with Gasteiger partial charge in [0, 0.05) is 17.0 Å². The number of nitrogens with one attached hydrogen (secondary N) is 1. The highest BCUT2D eigenvalue weighted by atomic mass is 16.5. The number of carbonyl (C=O) groups excluding carboxylic acids is 2. The Balaban J connectivity index is 2.73. The number of methoxy groups -OCH3 is 1. The second kappa shape index (κ2) is 8.62. The van der Waals surface area contributed by atoms with Crippen LogP contribution < -0.4 is 10.1 Å². The number of hydrogen-bond acceptors (Lipinski definition) is 7. The number of allylic oxidation sites excluding steroid dienone is 2. The molecule has 0 saturated heterocycles. The van der Waals surface area contributed by atoms with Crippen molar-refractivity contribution in [1.82, 2.24) is 5.32 Å². The lowest BCUT2D eigenvalue weighted by molar-refractivity contribution is -0.139. The van der Waals surface area contributed by atoms with E-state index >= 15 is 0 Å². The first kappa shape index (κ1) is 20.4. The summed E-state index contributed by atoms with van der Waals surface area (Å²) in [6, 6.07) is 4.93. The van der Waals surface area contributed by atoms with Gasteiger partial charge in [-0.15, -0.1) is 0 Å². The fourth-order valence-electron chi connectivity index (χ4n) is 3.20. The van der Waals surface area contributed by atoms with Crippen molar-refractivity contribution in [2.45, 2.75) is 33.6 Å². The molecule has 2 rings (SSSR count). The third kappa shape index (κ3) is 3.92. The zero-order valence-corrected chi connectivity index (χ0v) is 16.2. The number of dihydropyridines is 1. The van der Waals surface area contributed by atoms with Gasteiger partial charge in [0.2, 0.25) is 0 Å². The highest BCUT2D eigenvalue weighted by Gasteiger charge is 2.39. The van der Waals surface area contributed by atoms with Gasteiger partial charge in [0.05, 0.1) is 37.4 Å². The summed E-state index contributed by atoms with van der Waals surface area (Å²) in [4.78, 5) is 25.4. The summed E-state index contributed by atoms with van der Waals surface area (Å²) >= 11 is 0. The molecular formula is C20H25NO6. The van der Waals surface area contributed by atoms with Gasteiger partial charge in [0.1, 0.15) is 0 Å². The number of rotatable bonds is 6. The van der Waals surface area contributed by atoms with E-state index in [2.05, 4.69) is 5.32 Å². The molecule has 1 aromatic rings. The van der Waals surface area contributed by atoms with E-state index in [-0.39, 0.29) is 35.9 Å². The van der Waals surface area contributed by atoms with Crippen molar-refractivity contribution in [2.24, 2.45) is 0 Å². The summed E-state index contributed by atoms with van der Waals surface area (Å²) in [5.74, 6) is -1.88. The summed E-state index contributed by atoms with van der Waals surface area (Å²) < 4.78 is 15.6. The average molecular weight is 375 g/mol. The standard InChI is InChI=1S/C20H25NO6/c1-6-26-19(23)15-11(3)21-12(4)16(20(24)27-7-2)17(15)13-9-8-10-14(25-5)18(13)22/h8-10,17,21-22H,6-7H2,1-5H3. The van der Waals surface area contributed by atoms with Crippen LogP contribution in [0.2, 0.25) is 0 Å². The Morgan fingerprint density at radius 3 is 2.00 bits per heavy atom. The number of ether oxygens (including phenoxy) is 3. The van der Waals surface area contributed by atoms with Gasteiger partial charge in [-0.25, -0.2) is 9.59 Å². The van der Waals surface area contributed by atoms with E-state index in [9.17, 15) is 14.7 Å². The van der Waals surface area contributed by atoms with E-state index in [1.54, 1.807) is 45.9 Å². The number of carbonyl (C=O) groups is 2. The molecule has 0 saturated carbocycles. The number of esters is 2. The van der Waals surface area contributed by atoms with Crippen molar-refractivity contribution in [3.05, 3.63) is 46.3 Å². The van der Waals surface area contributed by atoms with Gasteiger partial charge in [-0.05, 0) is 33.8 Å². The Labute approximate surface area is 158 Å². The Kier molecular flexibility index (Phi) is 6.50. The van der Waals surface area contributed by atoms with Crippen molar-refractivity contribution in [3.8, 4) is 11.5 Å². The minimum absolute atomic E-state index is 0.143. The molecule has 0 fully saturated rings. The van der Waals surface area contributed by atoms with Crippen molar-refractivity contribution >= 4 is 11.9 Å². The molecule has 1 heterocycles. The first-order valence-corrected chi connectivity index (χ1v) is 8.75. The number of phenols is 1. The van der Waals surface area contributed by atoms with Crippen molar-refractivity contribution in [1.29, 1.82) is 0 Å². The van der Waals surface area contributed by atoms with Gasteiger partial charge in [0.25, 0.3) is 0 Å². The van der Waals surface area contributed by atoms with Crippen LogP contribution in [0, 0.1) is 0 Å². The molecule has 0 amide bonds. The molecule has 0 spiro atoms. The quantitative estimate of drug-likeness (QED) is 0.738. The second-order valence-electron chi connectivity index (χ2n) is 5.97. The minimum atomic E-state index is -0.848. The fraction of sp³-hybridized carbons (Fsp3) is 0.400. The van der Waals surface area contributed by atoms with Crippen LogP contribution in [0.4, 0.5) is 0 Å². The van der Waals surface area contributed by atoms with Crippen molar-refractivity contribution < 1.29 is 28.9 Å². The lowest BCUT2D eigenvalue weighted by Gasteiger charge is -2.30. The van der Waals surface area contributed by atoms with Gasteiger partial charge in [-0.1, -0.05) is 12.1 Å². The maximum atomic E-state index is 12.7. The summed E-state index contributed by atoms with van der Waals surface area (Å²) in [5.41, 5.74) is 1.95. The smallest absolute Gasteiger partial charge is 0.336 e. The molecule has 0 unspecified atom stereocenters. The topological polar surface area (TPSA) is 94.1 Å². The molecule has 27 heavy (non-hydrogen) atoms. The number of aromatic hydroxyl groups is 1. The number of benzene rings is 1. The maximum Gasteiger partial charge on any atom is 0.336 e. The molecule has 0 radical (unpaired) electrons. The Hall–Kier alpha value is -2.96. The average Bonchev–Trinajstić information content (AvgIpc) is 2.61. The van der Waals surface area contributed by atoms with Crippen molar-refractivity contribution in [2.75, 3.05) is 20.3 Å². The Bertz CT molecular complexity index is 769. The minimum Gasteiger partial charge on any atom is -0.504 e. The van der Waals surface area contributed by atoms with Crippen LogP contribution in [0.3, 0.4) is 0 Å². The highest BCUT2D eigenvalue weighted by Crippen LogP contribution is 2.45. The van der Waals surface area contributed by atoms with Crippen LogP contribution in [-0.2, 0) is 19.1 Å². The van der Waals surface area contributed by atoms with Crippen LogP contribution in [0.1, 0.15) is 39.2 Å². The molecule has 0 bridgehead atoms. The van der Waals surface area contributed by atoms with Crippen LogP contribution in [0.15, 0.2) is 40.7 Å². The van der Waals surface area contributed by atoms with Gasteiger partial charge >= 0.3 is 11.9 Å². The lowest BCUT2D eigenvalue weighted by Crippen LogP contribution is -2.32. The molecule has 1 aliphatic rings. The molecule has 7 heteroatoms. The third-order valence-electron chi connectivity index (χ3n) is 4.31. The number of para-hydroxylation sites is 1. The molecule has 2 N–H and O–H groups in total. The monoisotopic (exact) mass is 375 g/mol. The van der Waals surface area contributed by atoms with Gasteiger partial charge in [-0.3, -0.25) is 0 Å². The first-order valence-electron chi connectivity index (χ1n) is 8.75. The summed E-state index contributed by atoms with van der Waals surface area (Å²) in [7, 11) is 1.43. The molecule has 7 nitrogen and oxygen atoms in total.